The van der Waals surface area contributed by atoms with Gasteiger partial charge in [-0.1, -0.05) is 72.8 Å². The van der Waals surface area contributed by atoms with Gasteiger partial charge in [0.1, 0.15) is 18.1 Å². The lowest BCUT2D eigenvalue weighted by atomic mass is 9.93. The first-order valence-electron chi connectivity index (χ1n) is 13.9. The van der Waals surface area contributed by atoms with E-state index >= 15 is 0 Å². The fraction of sp³-hybridized carbons (Fsp3) is 0.353. The lowest BCUT2D eigenvalue weighted by molar-refractivity contribution is -0.139. The maximum absolute atomic E-state index is 6.78. The molecule has 3 aromatic rings. The predicted octanol–water partition coefficient (Wildman–Crippen LogP) is 7.90. The third kappa shape index (κ3) is 8.70. The highest BCUT2D eigenvalue weighted by Crippen LogP contribution is 2.40. The number of halogens is 1. The first-order chi connectivity index (χ1) is 19.6. The van der Waals surface area contributed by atoms with Gasteiger partial charge in [0.05, 0.1) is 44.7 Å². The first kappa shape index (κ1) is 29.9. The average molecular weight is 563 g/mol. The topological polar surface area (TPSA) is 46.2 Å². The van der Waals surface area contributed by atoms with Crippen molar-refractivity contribution in [1.82, 2.24) is 0 Å². The Bertz CT molecular complexity index is 1210. The first-order valence-corrected chi connectivity index (χ1v) is 14.2. The molecule has 0 aromatic heterocycles. The van der Waals surface area contributed by atoms with Gasteiger partial charge < -0.3 is 23.7 Å². The highest BCUT2D eigenvalue weighted by Gasteiger charge is 2.33. The van der Waals surface area contributed by atoms with Gasteiger partial charge in [-0.15, -0.1) is 6.58 Å². The number of ether oxygens (including phenoxy) is 5. The Hall–Kier alpha value is -3.09. The van der Waals surface area contributed by atoms with Crippen LogP contribution in [0.1, 0.15) is 48.1 Å². The molecular weight excluding hydrogens is 524 g/mol. The van der Waals surface area contributed by atoms with Crippen molar-refractivity contribution in [2.45, 2.75) is 51.1 Å². The van der Waals surface area contributed by atoms with E-state index in [0.717, 1.165) is 34.4 Å². The van der Waals surface area contributed by atoms with Gasteiger partial charge in [0.15, 0.2) is 0 Å². The Balaban J connectivity index is 1.59. The zero-order valence-electron chi connectivity index (χ0n) is 23.2. The SMILES string of the molecule is C=CCOCC1CC(OCc2ccccc2)CC(c2cc(Cc3ccc(OCC)cc3)c(Cl)cc2OCC=C)O1. The normalized spacial score (nSPS) is 18.7. The second kappa shape index (κ2) is 15.6. The van der Waals surface area contributed by atoms with Crippen LogP contribution < -0.4 is 9.47 Å². The second-order valence-electron chi connectivity index (χ2n) is 9.80. The summed E-state index contributed by atoms with van der Waals surface area (Å²) in [5.74, 6) is 1.55. The van der Waals surface area contributed by atoms with Crippen molar-refractivity contribution in [2.24, 2.45) is 0 Å². The molecule has 0 bridgehead atoms. The molecule has 6 heteroatoms. The molecule has 1 aliphatic rings. The van der Waals surface area contributed by atoms with Crippen LogP contribution in [0, 0.1) is 0 Å². The maximum atomic E-state index is 6.78. The molecule has 0 radical (unpaired) electrons. The van der Waals surface area contributed by atoms with Gasteiger partial charge in [-0.3, -0.25) is 0 Å². The molecule has 1 fully saturated rings. The highest BCUT2D eigenvalue weighted by molar-refractivity contribution is 6.31. The third-order valence-electron chi connectivity index (χ3n) is 6.74. The molecule has 0 saturated carbocycles. The lowest BCUT2D eigenvalue weighted by Gasteiger charge is -2.36. The van der Waals surface area contributed by atoms with Crippen LogP contribution in [0.2, 0.25) is 5.02 Å². The van der Waals surface area contributed by atoms with Gasteiger partial charge in [0.25, 0.3) is 0 Å². The fourth-order valence-electron chi connectivity index (χ4n) is 4.86. The van der Waals surface area contributed by atoms with E-state index in [0.29, 0.717) is 56.6 Å². The summed E-state index contributed by atoms with van der Waals surface area (Å²) in [4.78, 5) is 0. The predicted molar refractivity (Wildman–Crippen MR) is 160 cm³/mol. The molecule has 0 aliphatic carbocycles. The molecule has 0 spiro atoms. The van der Waals surface area contributed by atoms with E-state index in [1.807, 2.05) is 43.3 Å². The Kier molecular flexibility index (Phi) is 11.7. The minimum atomic E-state index is -0.247. The molecule has 4 rings (SSSR count). The van der Waals surface area contributed by atoms with Crippen molar-refractivity contribution in [3.05, 3.63) is 119 Å². The largest absolute Gasteiger partial charge is 0.494 e. The van der Waals surface area contributed by atoms with Crippen LogP contribution in [-0.4, -0.2) is 38.6 Å². The summed E-state index contributed by atoms with van der Waals surface area (Å²) >= 11 is 6.78. The summed E-state index contributed by atoms with van der Waals surface area (Å²) in [6.45, 7) is 12.0. The summed E-state index contributed by atoms with van der Waals surface area (Å²) in [6, 6.07) is 22.3. The summed E-state index contributed by atoms with van der Waals surface area (Å²) in [5, 5.41) is 0.648. The Morgan fingerprint density at radius 3 is 2.42 bits per heavy atom. The Labute approximate surface area is 243 Å². The molecule has 1 aliphatic heterocycles. The molecule has 3 aromatic carbocycles. The molecule has 0 N–H and O–H groups in total. The van der Waals surface area contributed by atoms with Crippen LogP contribution in [0.25, 0.3) is 0 Å². The van der Waals surface area contributed by atoms with E-state index in [1.54, 1.807) is 12.2 Å². The quantitative estimate of drug-likeness (QED) is 0.139. The van der Waals surface area contributed by atoms with Crippen LogP contribution in [-0.2, 0) is 27.2 Å². The van der Waals surface area contributed by atoms with Gasteiger partial charge in [-0.2, -0.15) is 0 Å². The molecule has 3 unspecified atom stereocenters. The monoisotopic (exact) mass is 562 g/mol. The van der Waals surface area contributed by atoms with Crippen molar-refractivity contribution in [1.29, 1.82) is 0 Å². The molecule has 212 valence electrons. The second-order valence-corrected chi connectivity index (χ2v) is 10.2. The number of benzene rings is 3. The standard InChI is InChI=1S/C34H39ClO5/c1-4-16-36-24-30-20-29(39-23-26-10-8-7-9-11-26)21-34(40-30)31-19-27(32(35)22-33(31)38-17-5-2)18-25-12-14-28(15-13-25)37-6-3/h4-5,7-15,19,22,29-30,34H,1-2,6,16-18,20-21,23-24H2,3H3. The van der Waals surface area contributed by atoms with Crippen LogP contribution >= 0.6 is 11.6 Å². The van der Waals surface area contributed by atoms with Crippen LogP contribution in [0.3, 0.4) is 0 Å². The van der Waals surface area contributed by atoms with Crippen LogP contribution in [0.4, 0.5) is 0 Å². The van der Waals surface area contributed by atoms with Crippen molar-refractivity contribution < 1.29 is 23.7 Å². The molecule has 1 saturated heterocycles. The van der Waals surface area contributed by atoms with Crippen molar-refractivity contribution in [3.63, 3.8) is 0 Å². The summed E-state index contributed by atoms with van der Waals surface area (Å²) in [6.07, 6.45) is 5.21. The lowest BCUT2D eigenvalue weighted by Crippen LogP contribution is -2.36. The zero-order valence-corrected chi connectivity index (χ0v) is 24.0. The number of hydrogen-bond donors (Lipinski definition) is 0. The van der Waals surface area contributed by atoms with E-state index in [1.165, 1.54) is 0 Å². The minimum absolute atomic E-state index is 0.00576. The molecule has 0 amide bonds. The van der Waals surface area contributed by atoms with E-state index in [-0.39, 0.29) is 18.3 Å². The maximum Gasteiger partial charge on any atom is 0.127 e. The fourth-order valence-corrected chi connectivity index (χ4v) is 5.08. The molecule has 5 nitrogen and oxygen atoms in total. The van der Waals surface area contributed by atoms with E-state index < -0.39 is 0 Å². The van der Waals surface area contributed by atoms with Crippen LogP contribution in [0.5, 0.6) is 11.5 Å². The summed E-state index contributed by atoms with van der Waals surface area (Å²) < 4.78 is 30.5. The van der Waals surface area contributed by atoms with Gasteiger partial charge in [-0.25, -0.2) is 0 Å². The van der Waals surface area contributed by atoms with Gasteiger partial charge in [0, 0.05) is 23.4 Å². The van der Waals surface area contributed by atoms with Crippen molar-refractivity contribution in [2.75, 3.05) is 26.4 Å². The molecule has 40 heavy (non-hydrogen) atoms. The third-order valence-corrected chi connectivity index (χ3v) is 7.09. The van der Waals surface area contributed by atoms with Crippen LogP contribution in [0.15, 0.2) is 92.0 Å². The molecular formula is C34H39ClO5. The smallest absolute Gasteiger partial charge is 0.127 e. The van der Waals surface area contributed by atoms with E-state index in [2.05, 4.69) is 43.5 Å². The van der Waals surface area contributed by atoms with Gasteiger partial charge in [0.2, 0.25) is 0 Å². The Morgan fingerprint density at radius 2 is 1.70 bits per heavy atom. The van der Waals surface area contributed by atoms with Crippen molar-refractivity contribution >= 4 is 11.6 Å². The highest BCUT2D eigenvalue weighted by atomic mass is 35.5. The molecule has 3 atom stereocenters. The molecule has 1 heterocycles. The van der Waals surface area contributed by atoms with Crippen molar-refractivity contribution in [3.8, 4) is 11.5 Å². The number of rotatable bonds is 15. The van der Waals surface area contributed by atoms with Gasteiger partial charge >= 0.3 is 0 Å². The summed E-state index contributed by atoms with van der Waals surface area (Å²) in [5.41, 5.74) is 4.24. The summed E-state index contributed by atoms with van der Waals surface area (Å²) in [7, 11) is 0. The minimum Gasteiger partial charge on any atom is -0.494 e. The zero-order chi connectivity index (χ0) is 28.2. The average Bonchev–Trinajstić information content (AvgIpc) is 2.98. The van der Waals surface area contributed by atoms with E-state index in [4.69, 9.17) is 35.3 Å². The Morgan fingerprint density at radius 1 is 0.925 bits per heavy atom. The van der Waals surface area contributed by atoms with E-state index in [9.17, 15) is 0 Å². The number of hydrogen-bond acceptors (Lipinski definition) is 5. The van der Waals surface area contributed by atoms with Gasteiger partial charge in [-0.05, 0) is 54.3 Å².